The van der Waals surface area contributed by atoms with Crippen LogP contribution in [0.3, 0.4) is 0 Å². The van der Waals surface area contributed by atoms with Crippen molar-refractivity contribution in [3.8, 4) is 0 Å². The van der Waals surface area contributed by atoms with Gasteiger partial charge in [0, 0.05) is 34.0 Å². The van der Waals surface area contributed by atoms with Crippen LogP contribution in [-0.4, -0.2) is 19.1 Å². The molecule has 0 saturated carbocycles. The van der Waals surface area contributed by atoms with Crippen LogP contribution in [0, 0.1) is 6.92 Å². The van der Waals surface area contributed by atoms with Crippen molar-refractivity contribution in [1.29, 1.82) is 0 Å². The van der Waals surface area contributed by atoms with Crippen molar-refractivity contribution in [3.05, 3.63) is 80.2 Å². The van der Waals surface area contributed by atoms with Crippen molar-refractivity contribution in [2.24, 2.45) is 0 Å². The molecule has 0 radical (unpaired) electrons. The van der Waals surface area contributed by atoms with E-state index in [2.05, 4.69) is 12.1 Å². The molecule has 0 fully saturated rings. The number of rotatable bonds is 3. The lowest BCUT2D eigenvalue weighted by molar-refractivity contribution is -0.945. The molecule has 0 bridgehead atoms. The standard InChI is InChI=1S/C22H20ClNO4/c1-13-7-20-17(10-18(13)23)16(9-21(25)28-20)12-24-11-15-6-4-3-5-14(15)8-19(24)22(26)27-2/h3-7,9-10,19H,8,11-12H2,1-2H3/p+1/t19-/m1/s1. The number of hydrogen-bond donors (Lipinski definition) is 1. The summed E-state index contributed by atoms with van der Waals surface area (Å²) < 4.78 is 10.4. The van der Waals surface area contributed by atoms with Gasteiger partial charge < -0.3 is 14.1 Å². The zero-order chi connectivity index (χ0) is 19.8. The van der Waals surface area contributed by atoms with Crippen molar-refractivity contribution in [2.45, 2.75) is 32.5 Å². The van der Waals surface area contributed by atoms with Gasteiger partial charge in [0.1, 0.15) is 18.7 Å². The van der Waals surface area contributed by atoms with Gasteiger partial charge in [-0.1, -0.05) is 35.9 Å². The Bertz CT molecular complexity index is 1120. The second kappa shape index (κ2) is 7.41. The van der Waals surface area contributed by atoms with Crippen LogP contribution in [0.15, 0.2) is 51.7 Å². The molecule has 144 valence electrons. The predicted octanol–water partition coefficient (Wildman–Crippen LogP) is 2.44. The lowest BCUT2D eigenvalue weighted by Crippen LogP contribution is -3.15. The van der Waals surface area contributed by atoms with Gasteiger partial charge in [0.25, 0.3) is 0 Å². The molecule has 0 amide bonds. The molecule has 1 aromatic heterocycles. The average Bonchev–Trinajstić information content (AvgIpc) is 2.68. The molecule has 1 unspecified atom stereocenters. The van der Waals surface area contributed by atoms with E-state index in [9.17, 15) is 9.59 Å². The quantitative estimate of drug-likeness (QED) is 0.543. The molecule has 1 aliphatic heterocycles. The Morgan fingerprint density at radius 3 is 2.75 bits per heavy atom. The fourth-order valence-electron chi connectivity index (χ4n) is 3.98. The number of carbonyl (C=O) groups is 1. The molecule has 2 heterocycles. The molecular weight excluding hydrogens is 378 g/mol. The van der Waals surface area contributed by atoms with Crippen LogP contribution in [0.25, 0.3) is 11.0 Å². The lowest BCUT2D eigenvalue weighted by atomic mass is 9.93. The molecule has 28 heavy (non-hydrogen) atoms. The number of ether oxygens (including phenoxy) is 1. The molecular formula is C22H21ClNO4+. The van der Waals surface area contributed by atoms with Crippen LogP contribution in [0.1, 0.15) is 22.3 Å². The summed E-state index contributed by atoms with van der Waals surface area (Å²) in [6, 6.07) is 12.9. The number of aryl methyl sites for hydroxylation is 1. The van der Waals surface area contributed by atoms with E-state index in [-0.39, 0.29) is 12.0 Å². The molecule has 4 rings (SSSR count). The fourth-order valence-corrected chi connectivity index (χ4v) is 4.14. The molecule has 2 aromatic carbocycles. The first-order valence-electron chi connectivity index (χ1n) is 9.18. The fraction of sp³-hybridized carbons (Fsp3) is 0.273. The monoisotopic (exact) mass is 398 g/mol. The predicted molar refractivity (Wildman–Crippen MR) is 107 cm³/mol. The molecule has 1 aliphatic rings. The highest BCUT2D eigenvalue weighted by Crippen LogP contribution is 2.25. The van der Waals surface area contributed by atoms with Gasteiger partial charge in [0.2, 0.25) is 0 Å². The van der Waals surface area contributed by atoms with E-state index in [1.807, 2.05) is 25.1 Å². The van der Waals surface area contributed by atoms with Crippen molar-refractivity contribution >= 4 is 28.5 Å². The van der Waals surface area contributed by atoms with Gasteiger partial charge >= 0.3 is 11.6 Å². The van der Waals surface area contributed by atoms with Gasteiger partial charge in [-0.2, -0.15) is 0 Å². The van der Waals surface area contributed by atoms with Crippen LogP contribution >= 0.6 is 11.6 Å². The summed E-state index contributed by atoms with van der Waals surface area (Å²) in [6.45, 7) is 3.04. The Labute approximate surface area is 167 Å². The summed E-state index contributed by atoms with van der Waals surface area (Å²) >= 11 is 6.31. The number of fused-ring (bicyclic) bond motifs is 2. The average molecular weight is 399 g/mol. The summed E-state index contributed by atoms with van der Waals surface area (Å²) in [7, 11) is 1.41. The number of benzene rings is 2. The van der Waals surface area contributed by atoms with Crippen LogP contribution in [0.2, 0.25) is 5.02 Å². The molecule has 0 aliphatic carbocycles. The van der Waals surface area contributed by atoms with Crippen molar-refractivity contribution in [2.75, 3.05) is 7.11 Å². The van der Waals surface area contributed by atoms with Crippen molar-refractivity contribution in [1.82, 2.24) is 0 Å². The molecule has 1 N–H and O–H groups in total. The van der Waals surface area contributed by atoms with Gasteiger partial charge in [0.05, 0.1) is 7.11 Å². The van der Waals surface area contributed by atoms with E-state index in [0.29, 0.717) is 30.1 Å². The van der Waals surface area contributed by atoms with Crippen molar-refractivity contribution < 1.29 is 18.8 Å². The zero-order valence-electron chi connectivity index (χ0n) is 15.8. The third kappa shape index (κ3) is 3.43. The number of halogens is 1. The highest BCUT2D eigenvalue weighted by molar-refractivity contribution is 6.32. The highest BCUT2D eigenvalue weighted by atomic mass is 35.5. The first-order chi connectivity index (χ1) is 13.5. The normalized spacial score (nSPS) is 18.7. The Hall–Kier alpha value is -2.63. The van der Waals surface area contributed by atoms with E-state index in [0.717, 1.165) is 27.0 Å². The maximum Gasteiger partial charge on any atom is 0.365 e. The Kier molecular flexibility index (Phi) is 4.96. The number of nitrogens with one attached hydrogen (secondary N) is 1. The van der Waals surface area contributed by atoms with E-state index >= 15 is 0 Å². The van der Waals surface area contributed by atoms with E-state index in [1.165, 1.54) is 18.7 Å². The highest BCUT2D eigenvalue weighted by Gasteiger charge is 2.36. The second-order valence-corrected chi connectivity index (χ2v) is 7.66. The number of esters is 1. The largest absolute Gasteiger partial charge is 0.465 e. The molecule has 3 aromatic rings. The number of quaternary nitrogens is 1. The topological polar surface area (TPSA) is 61.0 Å². The summed E-state index contributed by atoms with van der Waals surface area (Å²) in [5.41, 5.74) is 4.14. The van der Waals surface area contributed by atoms with Gasteiger partial charge in [0.15, 0.2) is 6.04 Å². The van der Waals surface area contributed by atoms with Gasteiger partial charge in [-0.15, -0.1) is 0 Å². The maximum absolute atomic E-state index is 12.5. The van der Waals surface area contributed by atoms with Gasteiger partial charge in [-0.25, -0.2) is 9.59 Å². The first-order valence-corrected chi connectivity index (χ1v) is 9.56. The lowest BCUT2D eigenvalue weighted by Gasteiger charge is -2.32. The number of carbonyl (C=O) groups excluding carboxylic acids is 1. The molecule has 5 nitrogen and oxygen atoms in total. The Morgan fingerprint density at radius 1 is 1.25 bits per heavy atom. The van der Waals surface area contributed by atoms with E-state index < -0.39 is 5.63 Å². The molecule has 0 saturated heterocycles. The summed E-state index contributed by atoms with van der Waals surface area (Å²) in [5.74, 6) is -0.245. The van der Waals surface area contributed by atoms with Crippen LogP contribution in [0.5, 0.6) is 0 Å². The van der Waals surface area contributed by atoms with Crippen molar-refractivity contribution in [3.63, 3.8) is 0 Å². The van der Waals surface area contributed by atoms with E-state index in [4.69, 9.17) is 20.8 Å². The SMILES string of the molecule is COC(=O)[C@H]1Cc2ccccc2C[NH+]1Cc1cc(=O)oc2cc(C)c(Cl)cc12. The van der Waals surface area contributed by atoms with Crippen LogP contribution < -0.4 is 10.5 Å². The summed E-state index contributed by atoms with van der Waals surface area (Å²) in [6.07, 6.45) is 0.609. The minimum Gasteiger partial charge on any atom is -0.465 e. The maximum atomic E-state index is 12.5. The Balaban J connectivity index is 1.77. The minimum absolute atomic E-state index is 0.245. The van der Waals surface area contributed by atoms with Crippen LogP contribution in [0.4, 0.5) is 0 Å². The first kappa shape index (κ1) is 18.7. The van der Waals surface area contributed by atoms with Gasteiger partial charge in [-0.05, 0) is 30.2 Å². The zero-order valence-corrected chi connectivity index (χ0v) is 16.5. The summed E-state index contributed by atoms with van der Waals surface area (Å²) in [4.78, 5) is 25.6. The second-order valence-electron chi connectivity index (χ2n) is 7.25. The smallest absolute Gasteiger partial charge is 0.365 e. The van der Waals surface area contributed by atoms with Crippen LogP contribution in [-0.2, 0) is 29.0 Å². The third-order valence-electron chi connectivity index (χ3n) is 5.47. The minimum atomic E-state index is -0.407. The third-order valence-corrected chi connectivity index (χ3v) is 5.87. The molecule has 0 spiro atoms. The molecule has 2 atom stereocenters. The van der Waals surface area contributed by atoms with E-state index in [1.54, 1.807) is 6.07 Å². The number of hydrogen-bond acceptors (Lipinski definition) is 4. The molecule has 6 heteroatoms. The Morgan fingerprint density at radius 2 is 2.00 bits per heavy atom. The summed E-state index contributed by atoms with van der Waals surface area (Å²) in [5, 5.41) is 1.41. The number of methoxy groups -OCH3 is 1. The van der Waals surface area contributed by atoms with Gasteiger partial charge in [-0.3, -0.25) is 0 Å².